The highest BCUT2D eigenvalue weighted by Crippen LogP contribution is 2.18. The van der Waals surface area contributed by atoms with Crippen LogP contribution in [-0.4, -0.2) is 63.0 Å². The van der Waals surface area contributed by atoms with Gasteiger partial charge < -0.3 is 19.7 Å². The molecule has 7 heteroatoms. The third-order valence-electron chi connectivity index (χ3n) is 4.98. The van der Waals surface area contributed by atoms with Crippen molar-refractivity contribution in [1.29, 1.82) is 0 Å². The summed E-state index contributed by atoms with van der Waals surface area (Å²) in [5, 5.41) is 5.63. The van der Waals surface area contributed by atoms with Gasteiger partial charge in [-0.1, -0.05) is 6.07 Å². The van der Waals surface area contributed by atoms with E-state index < -0.39 is 0 Å². The molecule has 1 atom stereocenters. The van der Waals surface area contributed by atoms with E-state index in [-0.39, 0.29) is 24.0 Å². The van der Waals surface area contributed by atoms with Gasteiger partial charge in [0.25, 0.3) is 0 Å². The Kier molecular flexibility index (Phi) is 10.2. The Balaban J connectivity index is 0.00000243. The molecule has 3 heterocycles. The summed E-state index contributed by atoms with van der Waals surface area (Å²) in [5.74, 6) is 1.02. The lowest BCUT2D eigenvalue weighted by Gasteiger charge is -2.35. The number of halogens is 1. The molecule has 0 spiro atoms. The number of likely N-dealkylation sites (tertiary alicyclic amines) is 1. The molecule has 1 aromatic rings. The minimum Gasteiger partial charge on any atom is -0.376 e. The fourth-order valence-corrected chi connectivity index (χ4v) is 4.21. The smallest absolute Gasteiger partial charge is 0.193 e. The minimum absolute atomic E-state index is 0. The Labute approximate surface area is 178 Å². The van der Waals surface area contributed by atoms with E-state index >= 15 is 0 Å². The van der Waals surface area contributed by atoms with Crippen LogP contribution in [0.1, 0.15) is 37.0 Å². The molecular formula is C19H32IN3O2S. The zero-order valence-electron chi connectivity index (χ0n) is 15.7. The zero-order valence-corrected chi connectivity index (χ0v) is 18.8. The summed E-state index contributed by atoms with van der Waals surface area (Å²) < 4.78 is 11.9. The van der Waals surface area contributed by atoms with E-state index in [0.29, 0.717) is 12.2 Å². The molecule has 0 bridgehead atoms. The maximum Gasteiger partial charge on any atom is 0.193 e. The van der Waals surface area contributed by atoms with Crippen molar-refractivity contribution in [3.63, 3.8) is 0 Å². The predicted octanol–water partition coefficient (Wildman–Crippen LogP) is 3.53. The largest absolute Gasteiger partial charge is 0.376 e. The number of guanidine groups is 1. The molecule has 2 saturated heterocycles. The molecule has 1 N–H and O–H groups in total. The summed E-state index contributed by atoms with van der Waals surface area (Å²) in [5.41, 5.74) is 0. The maximum atomic E-state index is 6.10. The number of nitrogens with one attached hydrogen (secondary N) is 1. The number of aliphatic imine (C=N–C) groups is 1. The number of hydrogen-bond donors (Lipinski definition) is 1. The van der Waals surface area contributed by atoms with Gasteiger partial charge in [-0.2, -0.15) is 0 Å². The lowest BCUT2D eigenvalue weighted by atomic mass is 10.1. The lowest BCUT2D eigenvalue weighted by molar-refractivity contribution is -0.0721. The molecule has 2 aliphatic rings. The first-order valence-electron chi connectivity index (χ1n) is 9.56. The van der Waals surface area contributed by atoms with Crippen LogP contribution in [0.2, 0.25) is 0 Å². The van der Waals surface area contributed by atoms with Crippen molar-refractivity contribution in [2.75, 3.05) is 39.9 Å². The van der Waals surface area contributed by atoms with Gasteiger partial charge in [0.15, 0.2) is 5.96 Å². The molecule has 26 heavy (non-hydrogen) atoms. The van der Waals surface area contributed by atoms with Gasteiger partial charge in [0, 0.05) is 38.2 Å². The van der Waals surface area contributed by atoms with Crippen molar-refractivity contribution in [1.82, 2.24) is 10.2 Å². The second-order valence-corrected chi connectivity index (χ2v) is 7.84. The molecule has 148 valence electrons. The fourth-order valence-electron chi connectivity index (χ4n) is 3.50. The Morgan fingerprint density at radius 2 is 2.19 bits per heavy atom. The third kappa shape index (κ3) is 6.98. The summed E-state index contributed by atoms with van der Waals surface area (Å²) in [6.45, 7) is 4.62. The molecular weight excluding hydrogens is 461 g/mol. The maximum absolute atomic E-state index is 6.10. The van der Waals surface area contributed by atoms with Gasteiger partial charge in [-0.3, -0.25) is 4.99 Å². The van der Waals surface area contributed by atoms with E-state index in [1.807, 2.05) is 18.4 Å². The average molecular weight is 493 g/mol. The highest BCUT2D eigenvalue weighted by molar-refractivity contribution is 14.0. The first-order valence-corrected chi connectivity index (χ1v) is 10.4. The van der Waals surface area contributed by atoms with E-state index in [0.717, 1.165) is 64.5 Å². The van der Waals surface area contributed by atoms with E-state index in [4.69, 9.17) is 9.47 Å². The fraction of sp³-hybridized carbons (Fsp3) is 0.737. The van der Waals surface area contributed by atoms with Crippen molar-refractivity contribution in [3.8, 4) is 0 Å². The molecule has 1 aromatic heterocycles. The van der Waals surface area contributed by atoms with Crippen LogP contribution in [0.5, 0.6) is 0 Å². The van der Waals surface area contributed by atoms with Gasteiger partial charge in [0.05, 0.1) is 18.8 Å². The Hall–Kier alpha value is -0.380. The number of piperidine rings is 1. The summed E-state index contributed by atoms with van der Waals surface area (Å²) in [4.78, 5) is 8.22. The number of ether oxygens (including phenoxy) is 2. The predicted molar refractivity (Wildman–Crippen MR) is 119 cm³/mol. The Morgan fingerprint density at radius 3 is 2.85 bits per heavy atom. The van der Waals surface area contributed by atoms with E-state index in [1.165, 1.54) is 17.7 Å². The molecule has 1 unspecified atom stereocenters. The quantitative estimate of drug-likeness (QED) is 0.374. The SMILES string of the molecule is CN=C(NCCc1cccs1)N1CCC(OCC2CCCCO2)CC1.I. The monoisotopic (exact) mass is 493 g/mol. The van der Waals surface area contributed by atoms with Crippen LogP contribution in [0.25, 0.3) is 0 Å². The van der Waals surface area contributed by atoms with Gasteiger partial charge in [-0.25, -0.2) is 0 Å². The molecule has 2 fully saturated rings. The van der Waals surface area contributed by atoms with Gasteiger partial charge in [-0.15, -0.1) is 35.3 Å². The van der Waals surface area contributed by atoms with Crippen molar-refractivity contribution in [2.45, 2.75) is 50.7 Å². The lowest BCUT2D eigenvalue weighted by Crippen LogP contribution is -2.47. The van der Waals surface area contributed by atoms with E-state index in [2.05, 4.69) is 32.7 Å². The van der Waals surface area contributed by atoms with Crippen molar-refractivity contribution < 1.29 is 9.47 Å². The Bertz CT molecular complexity index is 513. The first kappa shape index (κ1) is 21.9. The van der Waals surface area contributed by atoms with Crippen LogP contribution in [0.4, 0.5) is 0 Å². The average Bonchev–Trinajstić information content (AvgIpc) is 3.18. The van der Waals surface area contributed by atoms with Crippen LogP contribution in [-0.2, 0) is 15.9 Å². The van der Waals surface area contributed by atoms with Gasteiger partial charge in [0.1, 0.15) is 0 Å². The Morgan fingerprint density at radius 1 is 1.35 bits per heavy atom. The second kappa shape index (κ2) is 12.2. The molecule has 0 radical (unpaired) electrons. The molecule has 5 nitrogen and oxygen atoms in total. The number of thiophene rings is 1. The number of hydrogen-bond acceptors (Lipinski definition) is 4. The highest BCUT2D eigenvalue weighted by atomic mass is 127. The zero-order chi connectivity index (χ0) is 17.3. The van der Waals surface area contributed by atoms with Crippen LogP contribution >= 0.6 is 35.3 Å². The summed E-state index contributed by atoms with van der Waals surface area (Å²) in [7, 11) is 1.87. The molecule has 0 amide bonds. The standard InChI is InChI=1S/C19H31N3O2S.HI/c1-20-19(21-10-7-18-6-4-14-25-18)22-11-8-16(9-12-22)24-15-17-5-2-3-13-23-17;/h4,6,14,16-17H,2-3,5,7-13,15H2,1H3,(H,20,21);1H. The van der Waals surface area contributed by atoms with Crippen molar-refractivity contribution in [2.24, 2.45) is 4.99 Å². The topological polar surface area (TPSA) is 46.1 Å². The van der Waals surface area contributed by atoms with E-state index in [1.54, 1.807) is 0 Å². The van der Waals surface area contributed by atoms with Crippen LogP contribution < -0.4 is 5.32 Å². The van der Waals surface area contributed by atoms with Gasteiger partial charge >= 0.3 is 0 Å². The van der Waals surface area contributed by atoms with Crippen molar-refractivity contribution in [3.05, 3.63) is 22.4 Å². The minimum atomic E-state index is 0. The van der Waals surface area contributed by atoms with Gasteiger partial charge in [0.2, 0.25) is 0 Å². The molecule has 2 aliphatic heterocycles. The highest BCUT2D eigenvalue weighted by Gasteiger charge is 2.23. The molecule has 0 saturated carbocycles. The molecule has 0 aliphatic carbocycles. The molecule has 3 rings (SSSR count). The number of rotatable bonds is 6. The van der Waals surface area contributed by atoms with Gasteiger partial charge in [-0.05, 0) is 50.0 Å². The second-order valence-electron chi connectivity index (χ2n) is 6.81. The van der Waals surface area contributed by atoms with Crippen LogP contribution in [0.3, 0.4) is 0 Å². The van der Waals surface area contributed by atoms with Crippen LogP contribution in [0.15, 0.2) is 22.5 Å². The first-order chi connectivity index (χ1) is 12.3. The molecule has 0 aromatic carbocycles. The van der Waals surface area contributed by atoms with Crippen LogP contribution in [0, 0.1) is 0 Å². The summed E-state index contributed by atoms with van der Waals surface area (Å²) >= 11 is 1.81. The summed E-state index contributed by atoms with van der Waals surface area (Å²) in [6, 6.07) is 4.30. The third-order valence-corrected chi connectivity index (χ3v) is 5.92. The van der Waals surface area contributed by atoms with E-state index in [9.17, 15) is 0 Å². The summed E-state index contributed by atoms with van der Waals surface area (Å²) in [6.07, 6.45) is 7.51. The normalized spacial score (nSPS) is 22.1. The van der Waals surface area contributed by atoms with Crippen molar-refractivity contribution >= 4 is 41.3 Å². The number of nitrogens with zero attached hydrogens (tertiary/aromatic N) is 2.